The Bertz CT molecular complexity index is 288. The summed E-state index contributed by atoms with van der Waals surface area (Å²) < 4.78 is 4.79. The zero-order valence-corrected chi connectivity index (χ0v) is 10.6. The summed E-state index contributed by atoms with van der Waals surface area (Å²) in [6, 6.07) is 2.42. The lowest BCUT2D eigenvalue weighted by atomic mass is 9.94. The monoisotopic (exact) mass is 239 g/mol. The van der Waals surface area contributed by atoms with Gasteiger partial charge in [0.2, 0.25) is 0 Å². The second-order valence-corrected chi connectivity index (χ2v) is 4.46. The van der Waals surface area contributed by atoms with Crippen molar-refractivity contribution in [1.29, 1.82) is 5.26 Å². The molecule has 0 radical (unpaired) electrons. The molecule has 1 rings (SSSR count). The molecule has 17 heavy (non-hydrogen) atoms. The topological polar surface area (TPSA) is 65.4 Å². The molecular formula is C12H21N3O2. The molecule has 0 spiro atoms. The smallest absolute Gasteiger partial charge is 0.310 e. The number of methoxy groups -OCH3 is 1. The fourth-order valence-electron chi connectivity index (χ4n) is 2.25. The predicted molar refractivity (Wildman–Crippen MR) is 64.3 cm³/mol. The number of nitriles is 1. The average Bonchev–Trinajstić information content (AvgIpc) is 2.35. The first-order chi connectivity index (χ1) is 8.21. The minimum Gasteiger partial charge on any atom is -0.469 e. The largest absolute Gasteiger partial charge is 0.469 e. The van der Waals surface area contributed by atoms with Crippen LogP contribution in [0.5, 0.6) is 0 Å². The molecule has 0 aromatic carbocycles. The molecule has 1 saturated heterocycles. The van der Waals surface area contributed by atoms with Gasteiger partial charge in [-0.2, -0.15) is 5.26 Å². The van der Waals surface area contributed by atoms with Gasteiger partial charge in [0, 0.05) is 19.1 Å². The Labute approximate surface area is 103 Å². The van der Waals surface area contributed by atoms with Crippen LogP contribution in [0.25, 0.3) is 0 Å². The number of esters is 1. The predicted octanol–water partition coefficient (Wildman–Crippen LogP) is 0.373. The Hall–Kier alpha value is -1.12. The van der Waals surface area contributed by atoms with Gasteiger partial charge in [0.25, 0.3) is 0 Å². The van der Waals surface area contributed by atoms with Crippen molar-refractivity contribution in [2.24, 2.45) is 5.92 Å². The molecule has 96 valence electrons. The van der Waals surface area contributed by atoms with Crippen LogP contribution in [0.15, 0.2) is 0 Å². The van der Waals surface area contributed by atoms with Gasteiger partial charge < -0.3 is 10.1 Å². The third-order valence-electron chi connectivity index (χ3n) is 3.04. The number of ether oxygens (including phenoxy) is 1. The Morgan fingerprint density at radius 2 is 2.35 bits per heavy atom. The molecule has 2 atom stereocenters. The lowest BCUT2D eigenvalue weighted by Crippen LogP contribution is -2.51. The van der Waals surface area contributed by atoms with E-state index in [2.05, 4.69) is 18.3 Å². The zero-order chi connectivity index (χ0) is 12.7. The quantitative estimate of drug-likeness (QED) is 0.555. The minimum absolute atomic E-state index is 0.114. The minimum atomic E-state index is -0.170. The molecule has 5 nitrogen and oxygen atoms in total. The summed E-state index contributed by atoms with van der Waals surface area (Å²) >= 11 is 0. The van der Waals surface area contributed by atoms with E-state index in [1.807, 2.05) is 4.90 Å². The van der Waals surface area contributed by atoms with Crippen molar-refractivity contribution < 1.29 is 9.53 Å². The third-order valence-corrected chi connectivity index (χ3v) is 3.04. The summed E-state index contributed by atoms with van der Waals surface area (Å²) in [5, 5.41) is 12.1. The first kappa shape index (κ1) is 13.9. The number of hydrogen-bond acceptors (Lipinski definition) is 5. The van der Waals surface area contributed by atoms with Gasteiger partial charge in [0.05, 0.1) is 25.6 Å². The second-order valence-electron chi connectivity index (χ2n) is 4.46. The van der Waals surface area contributed by atoms with Crippen molar-refractivity contribution in [2.75, 3.05) is 33.3 Å². The van der Waals surface area contributed by atoms with Crippen LogP contribution in [0, 0.1) is 17.2 Å². The zero-order valence-electron chi connectivity index (χ0n) is 10.6. The molecule has 5 heteroatoms. The fourth-order valence-corrected chi connectivity index (χ4v) is 2.25. The van der Waals surface area contributed by atoms with Gasteiger partial charge in [-0.05, 0) is 19.4 Å². The van der Waals surface area contributed by atoms with E-state index in [1.165, 1.54) is 7.11 Å². The number of piperidine rings is 1. The van der Waals surface area contributed by atoms with Crippen molar-refractivity contribution in [3.8, 4) is 6.07 Å². The van der Waals surface area contributed by atoms with Crippen molar-refractivity contribution >= 4 is 5.97 Å². The molecular weight excluding hydrogens is 218 g/mol. The van der Waals surface area contributed by atoms with Crippen molar-refractivity contribution in [2.45, 2.75) is 25.8 Å². The molecule has 0 aliphatic carbocycles. The van der Waals surface area contributed by atoms with E-state index < -0.39 is 0 Å². The molecule has 1 aliphatic heterocycles. The fraction of sp³-hybridized carbons (Fsp3) is 0.833. The van der Waals surface area contributed by atoms with Gasteiger partial charge in [0.1, 0.15) is 0 Å². The van der Waals surface area contributed by atoms with E-state index in [1.54, 1.807) is 0 Å². The maximum absolute atomic E-state index is 11.6. The lowest BCUT2D eigenvalue weighted by molar-refractivity contribution is -0.147. The van der Waals surface area contributed by atoms with Crippen LogP contribution in [-0.4, -0.2) is 50.2 Å². The van der Waals surface area contributed by atoms with Gasteiger partial charge in [-0.15, -0.1) is 0 Å². The second kappa shape index (κ2) is 7.25. The Morgan fingerprint density at radius 1 is 1.59 bits per heavy atom. The van der Waals surface area contributed by atoms with E-state index in [-0.39, 0.29) is 17.9 Å². The van der Waals surface area contributed by atoms with Crippen molar-refractivity contribution in [1.82, 2.24) is 10.2 Å². The molecule has 1 fully saturated rings. The number of carbonyl (C=O) groups is 1. The van der Waals surface area contributed by atoms with Crippen molar-refractivity contribution in [3.63, 3.8) is 0 Å². The molecule has 1 heterocycles. The summed E-state index contributed by atoms with van der Waals surface area (Å²) in [5.41, 5.74) is 0. The highest BCUT2D eigenvalue weighted by Crippen LogP contribution is 2.18. The number of likely N-dealkylation sites (tertiary alicyclic amines) is 1. The summed E-state index contributed by atoms with van der Waals surface area (Å²) in [5.74, 6) is -0.285. The standard InChI is InChI=1S/C12H21N3O2/c1-3-5-14-11-7-10(12(16)17-2)8-15(9-11)6-4-13/h10-11,14H,3,5-9H2,1-2H3. The first-order valence-electron chi connectivity index (χ1n) is 6.11. The lowest BCUT2D eigenvalue weighted by Gasteiger charge is -2.35. The number of rotatable bonds is 5. The first-order valence-corrected chi connectivity index (χ1v) is 6.11. The number of nitrogens with zero attached hydrogens (tertiary/aromatic N) is 2. The van der Waals surface area contributed by atoms with Crippen LogP contribution < -0.4 is 5.32 Å². The summed E-state index contributed by atoms with van der Waals surface area (Å²) in [7, 11) is 1.42. The molecule has 2 unspecified atom stereocenters. The van der Waals surface area contributed by atoms with Crippen LogP contribution in [0.1, 0.15) is 19.8 Å². The van der Waals surface area contributed by atoms with Crippen LogP contribution in [0.4, 0.5) is 0 Å². The third kappa shape index (κ3) is 4.33. The molecule has 0 saturated carbocycles. The summed E-state index contributed by atoms with van der Waals surface area (Å²) in [6.07, 6.45) is 1.87. The maximum Gasteiger partial charge on any atom is 0.310 e. The Balaban J connectivity index is 2.56. The van der Waals surface area contributed by atoms with Crippen molar-refractivity contribution in [3.05, 3.63) is 0 Å². The van der Waals surface area contributed by atoms with E-state index in [0.29, 0.717) is 13.1 Å². The summed E-state index contributed by atoms with van der Waals surface area (Å²) in [4.78, 5) is 13.6. The van der Waals surface area contributed by atoms with Gasteiger partial charge in [0.15, 0.2) is 0 Å². The van der Waals surface area contributed by atoms with Crippen LogP contribution >= 0.6 is 0 Å². The van der Waals surface area contributed by atoms with E-state index in [0.717, 1.165) is 25.9 Å². The van der Waals surface area contributed by atoms with Crippen LogP contribution in [0.3, 0.4) is 0 Å². The highest BCUT2D eigenvalue weighted by atomic mass is 16.5. The molecule has 0 aromatic rings. The Morgan fingerprint density at radius 3 is 2.94 bits per heavy atom. The maximum atomic E-state index is 11.6. The van der Waals surface area contributed by atoms with Crippen LogP contribution in [0.2, 0.25) is 0 Å². The highest BCUT2D eigenvalue weighted by molar-refractivity contribution is 5.72. The Kier molecular flexibility index (Phi) is 5.95. The van der Waals surface area contributed by atoms with Gasteiger partial charge >= 0.3 is 5.97 Å². The van der Waals surface area contributed by atoms with Crippen LogP contribution in [-0.2, 0) is 9.53 Å². The number of carbonyl (C=O) groups excluding carboxylic acids is 1. The number of hydrogen-bond donors (Lipinski definition) is 1. The molecule has 1 aliphatic rings. The van der Waals surface area contributed by atoms with Gasteiger partial charge in [-0.3, -0.25) is 9.69 Å². The van der Waals surface area contributed by atoms with Gasteiger partial charge in [-0.25, -0.2) is 0 Å². The van der Waals surface area contributed by atoms with E-state index in [9.17, 15) is 4.79 Å². The molecule has 0 amide bonds. The average molecular weight is 239 g/mol. The number of nitrogens with one attached hydrogen (secondary N) is 1. The molecule has 1 N–H and O–H groups in total. The molecule has 0 aromatic heterocycles. The normalized spacial score (nSPS) is 25.2. The molecule has 0 bridgehead atoms. The highest BCUT2D eigenvalue weighted by Gasteiger charge is 2.31. The van der Waals surface area contributed by atoms with E-state index in [4.69, 9.17) is 10.00 Å². The van der Waals surface area contributed by atoms with Gasteiger partial charge in [-0.1, -0.05) is 6.92 Å². The SMILES string of the molecule is CCCNC1CC(C(=O)OC)CN(CC#N)C1. The van der Waals surface area contributed by atoms with E-state index >= 15 is 0 Å². The summed E-state index contributed by atoms with van der Waals surface area (Å²) in [6.45, 7) is 4.89.